The van der Waals surface area contributed by atoms with Gasteiger partial charge in [0.25, 0.3) is 0 Å². The molecule has 0 aliphatic carbocycles. The van der Waals surface area contributed by atoms with Crippen LogP contribution in [0.5, 0.6) is 0 Å². The Morgan fingerprint density at radius 1 is 0.917 bits per heavy atom. The fraction of sp³-hybridized carbons (Fsp3) is 0. The van der Waals surface area contributed by atoms with Crippen molar-refractivity contribution in [2.45, 2.75) is 0 Å². The fourth-order valence-corrected chi connectivity index (χ4v) is 1.90. The zero-order valence-electron chi connectivity index (χ0n) is 6.37. The molecule has 0 aliphatic heterocycles. The fourth-order valence-electron chi connectivity index (χ4n) is 1.90. The Kier molecular flexibility index (Phi) is 0.867. The second-order valence-electron chi connectivity index (χ2n) is 3.08. The van der Waals surface area contributed by atoms with E-state index < -0.39 is 0 Å². The Morgan fingerprint density at radius 2 is 1.50 bits per heavy atom. The van der Waals surface area contributed by atoms with Gasteiger partial charge in [0.2, 0.25) is 0 Å². The molecular formula is C11H6O. The van der Waals surface area contributed by atoms with Gasteiger partial charge in [0.15, 0.2) is 6.29 Å². The molecule has 0 saturated heterocycles. The van der Waals surface area contributed by atoms with Crippen molar-refractivity contribution >= 4 is 27.8 Å². The Balaban J connectivity index is 2.77. The Morgan fingerprint density at radius 3 is 1.92 bits per heavy atom. The zero-order chi connectivity index (χ0) is 8.13. The number of carbonyl (C=O) groups is 1. The van der Waals surface area contributed by atoms with Gasteiger partial charge in [-0.1, -0.05) is 24.3 Å². The third kappa shape index (κ3) is 0.493. The molecule has 0 aromatic heterocycles. The molecule has 0 N–H and O–H groups in total. The minimum atomic E-state index is 0.854. The van der Waals surface area contributed by atoms with Gasteiger partial charge in [-0.3, -0.25) is 4.79 Å². The van der Waals surface area contributed by atoms with Crippen molar-refractivity contribution < 1.29 is 4.79 Å². The molecule has 0 heterocycles. The first-order chi connectivity index (χ1) is 5.90. The molecule has 1 nitrogen and oxygen atoms in total. The lowest BCUT2D eigenvalue weighted by molar-refractivity contribution is 0.112. The summed E-state index contributed by atoms with van der Waals surface area (Å²) < 4.78 is 0. The summed E-state index contributed by atoms with van der Waals surface area (Å²) in [6.45, 7) is 0. The van der Waals surface area contributed by atoms with E-state index in [2.05, 4.69) is 18.2 Å². The summed E-state index contributed by atoms with van der Waals surface area (Å²) >= 11 is 0. The molecule has 1 heteroatoms. The monoisotopic (exact) mass is 154 g/mol. The number of hydrogen-bond acceptors (Lipinski definition) is 1. The minimum absolute atomic E-state index is 0.854. The first-order valence-electron chi connectivity index (χ1n) is 3.92. The second kappa shape index (κ2) is 1.75. The topological polar surface area (TPSA) is 17.1 Å². The van der Waals surface area contributed by atoms with Gasteiger partial charge < -0.3 is 0 Å². The first-order valence-corrected chi connectivity index (χ1v) is 3.92. The number of aldehydes is 1. The lowest BCUT2D eigenvalue weighted by atomic mass is 9.93. The molecule has 0 fully saturated rings. The quantitative estimate of drug-likeness (QED) is 0.492. The van der Waals surface area contributed by atoms with Crippen LogP contribution in [0, 0.1) is 0 Å². The summed E-state index contributed by atoms with van der Waals surface area (Å²) in [6, 6.07) is 10.3. The highest BCUT2D eigenvalue weighted by atomic mass is 16.1. The van der Waals surface area contributed by atoms with E-state index in [4.69, 9.17) is 0 Å². The maximum Gasteiger partial charge on any atom is 0.151 e. The van der Waals surface area contributed by atoms with Gasteiger partial charge in [0.05, 0.1) is 0 Å². The highest BCUT2D eigenvalue weighted by Crippen LogP contribution is 2.31. The van der Waals surface area contributed by atoms with Gasteiger partial charge in [0, 0.05) is 5.56 Å². The van der Waals surface area contributed by atoms with Crippen LogP contribution in [0.1, 0.15) is 10.4 Å². The molecule has 5 aromatic rings. The predicted molar refractivity (Wildman–Crippen MR) is 49.2 cm³/mol. The van der Waals surface area contributed by atoms with E-state index in [-0.39, 0.29) is 0 Å². The molecule has 0 aliphatic rings. The predicted octanol–water partition coefficient (Wildman–Crippen LogP) is 2.68. The summed E-state index contributed by atoms with van der Waals surface area (Å²) in [5.74, 6) is 0. The van der Waals surface area contributed by atoms with Gasteiger partial charge in [-0.15, -0.1) is 0 Å². The number of rotatable bonds is 1. The molecule has 0 atom stereocenters. The van der Waals surface area contributed by atoms with Crippen LogP contribution in [0.3, 0.4) is 0 Å². The Hall–Kier alpha value is -1.63. The summed E-state index contributed by atoms with van der Waals surface area (Å²) in [7, 11) is 0. The molecule has 0 spiro atoms. The number of carbonyl (C=O) groups excluding carboxylic acids is 1. The van der Waals surface area contributed by atoms with Gasteiger partial charge in [-0.25, -0.2) is 0 Å². The van der Waals surface area contributed by atoms with Crippen molar-refractivity contribution in [1.82, 2.24) is 0 Å². The van der Waals surface area contributed by atoms with Gasteiger partial charge in [-0.2, -0.15) is 0 Å². The van der Waals surface area contributed by atoms with E-state index in [1.807, 2.05) is 12.1 Å². The third-order valence-corrected chi connectivity index (χ3v) is 2.49. The molecule has 4 bridgehead atoms. The second-order valence-corrected chi connectivity index (χ2v) is 3.08. The molecule has 0 amide bonds. The number of hydrogen-bond donors (Lipinski definition) is 0. The first kappa shape index (κ1) is 5.95. The van der Waals surface area contributed by atoms with Crippen molar-refractivity contribution in [1.29, 1.82) is 0 Å². The minimum Gasteiger partial charge on any atom is -0.298 e. The number of fused-ring (bicyclic) bond motifs is 2. The van der Waals surface area contributed by atoms with Crippen molar-refractivity contribution in [3.05, 3.63) is 35.9 Å². The summed E-state index contributed by atoms with van der Waals surface area (Å²) in [5, 5.41) is 4.50. The van der Waals surface area contributed by atoms with E-state index in [9.17, 15) is 4.79 Å². The smallest absolute Gasteiger partial charge is 0.151 e. The summed E-state index contributed by atoms with van der Waals surface area (Å²) in [4.78, 5) is 10.8. The van der Waals surface area contributed by atoms with Crippen molar-refractivity contribution in [3.8, 4) is 0 Å². The lowest BCUT2D eigenvalue weighted by Gasteiger charge is -2.10. The van der Waals surface area contributed by atoms with Crippen LogP contribution in [-0.4, -0.2) is 6.29 Å². The standard InChI is InChI=1S/C11H6O/c12-6-11-9-3-1-7-5-8(9)2-4-10(7)11/h1-6H. The molecule has 12 heavy (non-hydrogen) atoms. The van der Waals surface area contributed by atoms with Crippen LogP contribution in [0.2, 0.25) is 0 Å². The van der Waals surface area contributed by atoms with Crippen molar-refractivity contribution in [2.24, 2.45) is 0 Å². The average molecular weight is 154 g/mol. The lowest BCUT2D eigenvalue weighted by Crippen LogP contribution is -1.90. The highest BCUT2D eigenvalue weighted by Gasteiger charge is 2.09. The van der Waals surface area contributed by atoms with Crippen molar-refractivity contribution in [2.75, 3.05) is 0 Å². The molecule has 5 rings (SSSR count). The average Bonchev–Trinajstić information content (AvgIpc) is 2.17. The van der Waals surface area contributed by atoms with E-state index in [1.54, 1.807) is 0 Å². The highest BCUT2D eigenvalue weighted by molar-refractivity contribution is 6.15. The molecule has 0 radical (unpaired) electrons. The van der Waals surface area contributed by atoms with Crippen LogP contribution in [0.4, 0.5) is 0 Å². The van der Waals surface area contributed by atoms with Crippen molar-refractivity contribution in [3.63, 3.8) is 0 Å². The van der Waals surface area contributed by atoms with Crippen LogP contribution in [-0.2, 0) is 0 Å². The summed E-state index contributed by atoms with van der Waals surface area (Å²) in [5.41, 5.74) is 0.854. The van der Waals surface area contributed by atoms with Gasteiger partial charge in [0.1, 0.15) is 0 Å². The molecular weight excluding hydrogens is 148 g/mol. The van der Waals surface area contributed by atoms with E-state index in [1.165, 1.54) is 10.8 Å². The zero-order valence-corrected chi connectivity index (χ0v) is 6.37. The third-order valence-electron chi connectivity index (χ3n) is 2.49. The molecule has 0 unspecified atom stereocenters. The molecule has 5 aromatic carbocycles. The van der Waals surface area contributed by atoms with Crippen LogP contribution < -0.4 is 0 Å². The van der Waals surface area contributed by atoms with Gasteiger partial charge in [-0.05, 0) is 27.6 Å². The van der Waals surface area contributed by atoms with Crippen LogP contribution in [0.25, 0.3) is 21.5 Å². The van der Waals surface area contributed by atoms with E-state index >= 15 is 0 Å². The Bertz CT molecular complexity index is 495. The SMILES string of the molecule is O=Cc1c2ccc3cc2ccc13. The molecule has 56 valence electrons. The van der Waals surface area contributed by atoms with Gasteiger partial charge >= 0.3 is 0 Å². The van der Waals surface area contributed by atoms with Crippen LogP contribution >= 0.6 is 0 Å². The number of benzene rings is 5. The maximum atomic E-state index is 10.8. The Labute approximate surface area is 69.3 Å². The van der Waals surface area contributed by atoms with E-state index in [0.717, 1.165) is 22.6 Å². The largest absolute Gasteiger partial charge is 0.298 e. The normalized spacial score (nSPS) is 11.7. The van der Waals surface area contributed by atoms with Crippen LogP contribution in [0.15, 0.2) is 30.3 Å². The summed E-state index contributed by atoms with van der Waals surface area (Å²) in [6.07, 6.45) is 0.949. The maximum absolute atomic E-state index is 10.8. The van der Waals surface area contributed by atoms with E-state index in [0.29, 0.717) is 0 Å². The molecule has 0 saturated carbocycles.